The fraction of sp³-hybridized carbons (Fsp3) is 0.211. The van der Waals surface area contributed by atoms with E-state index in [9.17, 15) is 4.79 Å². The van der Waals surface area contributed by atoms with Gasteiger partial charge in [-0.15, -0.1) is 11.8 Å². The van der Waals surface area contributed by atoms with Crippen molar-refractivity contribution in [1.29, 1.82) is 0 Å². The van der Waals surface area contributed by atoms with Crippen molar-refractivity contribution in [2.75, 3.05) is 5.32 Å². The van der Waals surface area contributed by atoms with Crippen molar-refractivity contribution < 1.29 is 9.32 Å². The zero-order chi connectivity index (χ0) is 17.6. The molecule has 0 saturated heterocycles. The van der Waals surface area contributed by atoms with Gasteiger partial charge in [-0.2, -0.15) is 0 Å². The Bertz CT molecular complexity index is 825. The molecular weight excluding hydrogens is 334 g/mol. The second-order valence-electron chi connectivity index (χ2n) is 5.70. The summed E-state index contributed by atoms with van der Waals surface area (Å²) < 4.78 is 5.09. The van der Waals surface area contributed by atoms with E-state index in [1.54, 1.807) is 18.0 Å². The van der Waals surface area contributed by atoms with Crippen molar-refractivity contribution in [2.45, 2.75) is 30.9 Å². The summed E-state index contributed by atoms with van der Waals surface area (Å²) in [5.74, 6) is 1.48. The Morgan fingerprint density at radius 3 is 2.64 bits per heavy atom. The average molecular weight is 353 g/mol. The third kappa shape index (κ3) is 4.70. The summed E-state index contributed by atoms with van der Waals surface area (Å²) in [5, 5.41) is 6.78. The number of aryl methyl sites for hydroxylation is 2. The maximum absolute atomic E-state index is 12.2. The summed E-state index contributed by atoms with van der Waals surface area (Å²) in [5.41, 5.74) is 3.57. The van der Waals surface area contributed by atoms with Gasteiger partial charge in [0.15, 0.2) is 0 Å². The van der Waals surface area contributed by atoms with E-state index < -0.39 is 0 Å². The highest BCUT2D eigenvalue weighted by Gasteiger charge is 2.13. The minimum absolute atomic E-state index is 0.0786. The molecule has 3 aromatic rings. The van der Waals surface area contributed by atoms with Gasteiger partial charge in [-0.1, -0.05) is 11.2 Å². The van der Waals surface area contributed by atoms with Gasteiger partial charge in [0.2, 0.25) is 5.91 Å². The smallest absolute Gasteiger partial charge is 0.228 e. The molecule has 0 aliphatic carbocycles. The molecular formula is C19H19N3O2S. The lowest BCUT2D eigenvalue weighted by molar-refractivity contribution is -0.115. The molecule has 0 unspecified atom stereocenters. The Balaban J connectivity index is 1.54. The van der Waals surface area contributed by atoms with E-state index >= 15 is 0 Å². The number of carbonyl (C=O) groups is 1. The van der Waals surface area contributed by atoms with Crippen LogP contribution in [0.15, 0.2) is 58.2 Å². The van der Waals surface area contributed by atoms with Crippen molar-refractivity contribution in [2.24, 2.45) is 0 Å². The second-order valence-corrected chi connectivity index (χ2v) is 6.75. The van der Waals surface area contributed by atoms with Gasteiger partial charge in [-0.25, -0.2) is 0 Å². The van der Waals surface area contributed by atoms with E-state index in [2.05, 4.69) is 21.5 Å². The third-order valence-electron chi connectivity index (χ3n) is 3.78. The molecule has 0 bridgehead atoms. The maximum atomic E-state index is 12.2. The summed E-state index contributed by atoms with van der Waals surface area (Å²) in [6.07, 6.45) is 3.91. The molecule has 2 aromatic heterocycles. The van der Waals surface area contributed by atoms with Crippen LogP contribution in [0, 0.1) is 13.8 Å². The molecule has 0 aliphatic rings. The number of nitrogens with zero attached hydrogens (tertiary/aromatic N) is 2. The van der Waals surface area contributed by atoms with Gasteiger partial charge in [0, 0.05) is 34.3 Å². The minimum Gasteiger partial charge on any atom is -0.361 e. The standard InChI is InChI=1S/C19H19N3O2S/c1-13-18(14(2)24-22-13)10-19(23)21-16-5-7-17(8-6-16)25-12-15-4-3-9-20-11-15/h3-9,11H,10,12H2,1-2H3,(H,21,23). The first kappa shape index (κ1) is 17.2. The molecule has 1 N–H and O–H groups in total. The lowest BCUT2D eigenvalue weighted by Crippen LogP contribution is -2.15. The summed E-state index contributed by atoms with van der Waals surface area (Å²) in [4.78, 5) is 17.4. The summed E-state index contributed by atoms with van der Waals surface area (Å²) >= 11 is 1.74. The predicted molar refractivity (Wildman–Crippen MR) is 98.6 cm³/mol. The van der Waals surface area contributed by atoms with Crippen LogP contribution >= 0.6 is 11.8 Å². The van der Waals surface area contributed by atoms with Gasteiger partial charge >= 0.3 is 0 Å². The molecule has 128 valence electrons. The number of nitrogens with one attached hydrogen (secondary N) is 1. The first-order valence-corrected chi connectivity index (χ1v) is 8.94. The van der Waals surface area contributed by atoms with E-state index in [1.807, 2.05) is 50.4 Å². The fourth-order valence-electron chi connectivity index (χ4n) is 2.40. The zero-order valence-corrected chi connectivity index (χ0v) is 15.0. The third-order valence-corrected chi connectivity index (χ3v) is 4.87. The van der Waals surface area contributed by atoms with E-state index in [-0.39, 0.29) is 12.3 Å². The molecule has 0 atom stereocenters. The van der Waals surface area contributed by atoms with Crippen LogP contribution in [-0.4, -0.2) is 16.0 Å². The van der Waals surface area contributed by atoms with E-state index in [0.29, 0.717) is 5.76 Å². The summed E-state index contributed by atoms with van der Waals surface area (Å²) in [6, 6.07) is 11.8. The molecule has 2 heterocycles. The number of pyridine rings is 1. The molecule has 0 saturated carbocycles. The lowest BCUT2D eigenvalue weighted by atomic mass is 10.1. The number of aromatic nitrogens is 2. The lowest BCUT2D eigenvalue weighted by Gasteiger charge is -2.07. The quantitative estimate of drug-likeness (QED) is 0.674. The van der Waals surface area contributed by atoms with Crippen molar-refractivity contribution in [1.82, 2.24) is 10.1 Å². The number of hydrogen-bond acceptors (Lipinski definition) is 5. The number of amides is 1. The van der Waals surface area contributed by atoms with Crippen LogP contribution in [0.5, 0.6) is 0 Å². The van der Waals surface area contributed by atoms with Gasteiger partial charge in [0.25, 0.3) is 0 Å². The Kier molecular flexibility index (Phi) is 5.50. The van der Waals surface area contributed by atoms with Crippen molar-refractivity contribution in [3.8, 4) is 0 Å². The Morgan fingerprint density at radius 1 is 1.20 bits per heavy atom. The summed E-state index contributed by atoms with van der Waals surface area (Å²) in [6.45, 7) is 3.66. The number of thioether (sulfide) groups is 1. The van der Waals surface area contributed by atoms with Crippen molar-refractivity contribution in [3.05, 3.63) is 71.4 Å². The van der Waals surface area contributed by atoms with Crippen LogP contribution in [-0.2, 0) is 17.0 Å². The van der Waals surface area contributed by atoms with E-state index in [4.69, 9.17) is 4.52 Å². The highest BCUT2D eigenvalue weighted by atomic mass is 32.2. The topological polar surface area (TPSA) is 68.0 Å². The van der Waals surface area contributed by atoms with E-state index in [1.165, 1.54) is 5.56 Å². The normalized spacial score (nSPS) is 10.6. The number of benzene rings is 1. The maximum Gasteiger partial charge on any atom is 0.228 e. The number of rotatable bonds is 6. The highest BCUT2D eigenvalue weighted by molar-refractivity contribution is 7.98. The molecule has 6 heteroatoms. The van der Waals surface area contributed by atoms with Gasteiger partial charge in [0.1, 0.15) is 5.76 Å². The molecule has 0 radical (unpaired) electrons. The first-order valence-electron chi connectivity index (χ1n) is 7.95. The molecule has 0 spiro atoms. The Hall–Kier alpha value is -2.60. The largest absolute Gasteiger partial charge is 0.361 e. The average Bonchev–Trinajstić information content (AvgIpc) is 2.94. The Morgan fingerprint density at radius 2 is 2.00 bits per heavy atom. The molecule has 25 heavy (non-hydrogen) atoms. The zero-order valence-electron chi connectivity index (χ0n) is 14.2. The predicted octanol–water partition coefficient (Wildman–Crippen LogP) is 4.16. The molecule has 1 aromatic carbocycles. The number of anilines is 1. The van der Waals surface area contributed by atoms with Crippen LogP contribution in [0.2, 0.25) is 0 Å². The molecule has 1 amide bonds. The van der Waals surface area contributed by atoms with Crippen LogP contribution in [0.25, 0.3) is 0 Å². The minimum atomic E-state index is -0.0786. The van der Waals surface area contributed by atoms with Gasteiger partial charge in [0.05, 0.1) is 12.1 Å². The first-order chi connectivity index (χ1) is 12.1. The molecule has 5 nitrogen and oxygen atoms in total. The number of hydrogen-bond donors (Lipinski definition) is 1. The van der Waals surface area contributed by atoms with Gasteiger partial charge in [-0.3, -0.25) is 9.78 Å². The fourth-order valence-corrected chi connectivity index (χ4v) is 3.24. The molecule has 0 fully saturated rings. The van der Waals surface area contributed by atoms with Gasteiger partial charge < -0.3 is 9.84 Å². The van der Waals surface area contributed by atoms with E-state index in [0.717, 1.165) is 27.6 Å². The highest BCUT2D eigenvalue weighted by Crippen LogP contribution is 2.24. The Labute approximate surface area is 150 Å². The van der Waals surface area contributed by atoms with Crippen LogP contribution < -0.4 is 5.32 Å². The monoisotopic (exact) mass is 353 g/mol. The second kappa shape index (κ2) is 7.98. The van der Waals surface area contributed by atoms with Gasteiger partial charge in [-0.05, 0) is 49.7 Å². The number of carbonyl (C=O) groups excluding carboxylic acids is 1. The summed E-state index contributed by atoms with van der Waals surface area (Å²) in [7, 11) is 0. The van der Waals surface area contributed by atoms with Crippen molar-refractivity contribution >= 4 is 23.4 Å². The van der Waals surface area contributed by atoms with Crippen LogP contribution in [0.4, 0.5) is 5.69 Å². The molecule has 0 aliphatic heterocycles. The molecule has 3 rings (SSSR count). The van der Waals surface area contributed by atoms with Crippen LogP contribution in [0.3, 0.4) is 0 Å². The van der Waals surface area contributed by atoms with Crippen molar-refractivity contribution in [3.63, 3.8) is 0 Å². The SMILES string of the molecule is Cc1noc(C)c1CC(=O)Nc1ccc(SCc2cccnc2)cc1. The van der Waals surface area contributed by atoms with Crippen LogP contribution in [0.1, 0.15) is 22.6 Å².